The maximum atomic E-state index is 12.5. The van der Waals surface area contributed by atoms with Gasteiger partial charge in [0.15, 0.2) is 5.96 Å². The molecule has 0 aliphatic carbocycles. The molecule has 0 fully saturated rings. The number of hydrogen-bond donors (Lipinski definition) is 9. The highest BCUT2D eigenvalue weighted by molar-refractivity contribution is 5.93. The molecule has 0 saturated carbocycles. The zero-order valence-corrected chi connectivity index (χ0v) is 16.0. The third-order valence-corrected chi connectivity index (χ3v) is 3.63. The Balaban J connectivity index is 5.12. The molecule has 0 aromatic carbocycles. The standard InChI is InChI=1S/C15H29N7O7/c1-7(24)11(16)14(29)21-8(3-2-4-19-15(17)18)13(28)22-9(6-23)12(27)20-5-10(25)26/h7-9,11,23-24H,2-6,16H2,1H3,(H,20,27)(H,21,29)(H,22,28)(H,25,26)(H4,17,18,19). The minimum Gasteiger partial charge on any atom is -0.480 e. The lowest BCUT2D eigenvalue weighted by Crippen LogP contribution is -2.58. The number of carbonyl (C=O) groups excluding carboxylic acids is 3. The van der Waals surface area contributed by atoms with Crippen LogP contribution >= 0.6 is 0 Å². The first-order valence-corrected chi connectivity index (χ1v) is 8.69. The van der Waals surface area contributed by atoms with Crippen LogP contribution in [0.3, 0.4) is 0 Å². The minimum absolute atomic E-state index is 0.0514. The first-order chi connectivity index (χ1) is 13.5. The van der Waals surface area contributed by atoms with Crippen molar-refractivity contribution in [1.82, 2.24) is 16.0 Å². The van der Waals surface area contributed by atoms with Gasteiger partial charge in [-0.1, -0.05) is 0 Å². The number of amides is 3. The van der Waals surface area contributed by atoms with Crippen molar-refractivity contribution in [3.05, 3.63) is 0 Å². The Morgan fingerprint density at radius 2 is 1.62 bits per heavy atom. The molecule has 0 bridgehead atoms. The van der Waals surface area contributed by atoms with Crippen molar-refractivity contribution in [1.29, 1.82) is 0 Å². The summed E-state index contributed by atoms with van der Waals surface area (Å²) in [5, 5.41) is 33.9. The molecule has 14 heteroatoms. The number of carboxylic acid groups (broad SMARTS) is 1. The Hall–Kier alpha value is -2.97. The van der Waals surface area contributed by atoms with Gasteiger partial charge in [-0.25, -0.2) is 0 Å². The van der Waals surface area contributed by atoms with Gasteiger partial charge in [-0.05, 0) is 19.8 Å². The van der Waals surface area contributed by atoms with Crippen molar-refractivity contribution in [3.8, 4) is 0 Å². The molecule has 0 aliphatic heterocycles. The summed E-state index contributed by atoms with van der Waals surface area (Å²) in [7, 11) is 0. The summed E-state index contributed by atoms with van der Waals surface area (Å²) in [6, 6.07) is -3.91. The zero-order valence-electron chi connectivity index (χ0n) is 16.0. The lowest BCUT2D eigenvalue weighted by molar-refractivity contribution is -0.139. The van der Waals surface area contributed by atoms with E-state index in [4.69, 9.17) is 22.3 Å². The topological polar surface area (TPSA) is 255 Å². The van der Waals surface area contributed by atoms with Crippen molar-refractivity contribution in [2.75, 3.05) is 19.7 Å². The lowest BCUT2D eigenvalue weighted by Gasteiger charge is -2.23. The fraction of sp³-hybridized carbons (Fsp3) is 0.667. The number of carbonyl (C=O) groups is 4. The van der Waals surface area contributed by atoms with Crippen molar-refractivity contribution in [3.63, 3.8) is 0 Å². The van der Waals surface area contributed by atoms with E-state index in [2.05, 4.69) is 15.6 Å². The van der Waals surface area contributed by atoms with Gasteiger partial charge in [0.05, 0.1) is 12.7 Å². The third kappa shape index (κ3) is 10.8. The maximum absolute atomic E-state index is 12.5. The second kappa shape index (κ2) is 13.2. The number of carboxylic acids is 1. The van der Waals surface area contributed by atoms with Crippen LogP contribution in [0.4, 0.5) is 0 Å². The van der Waals surface area contributed by atoms with Crippen molar-refractivity contribution < 1.29 is 34.5 Å². The molecule has 0 radical (unpaired) electrons. The molecule has 0 rings (SSSR count). The fourth-order valence-corrected chi connectivity index (χ4v) is 2.01. The van der Waals surface area contributed by atoms with Crippen LogP contribution in [0.2, 0.25) is 0 Å². The molecule has 29 heavy (non-hydrogen) atoms. The van der Waals surface area contributed by atoms with Crippen LogP contribution in [0.25, 0.3) is 0 Å². The van der Waals surface area contributed by atoms with Gasteiger partial charge in [0.2, 0.25) is 17.7 Å². The first kappa shape index (κ1) is 26.0. The van der Waals surface area contributed by atoms with E-state index < -0.39 is 61.1 Å². The highest BCUT2D eigenvalue weighted by Gasteiger charge is 2.28. The number of rotatable bonds is 13. The van der Waals surface area contributed by atoms with E-state index >= 15 is 0 Å². The summed E-state index contributed by atoms with van der Waals surface area (Å²) in [5.74, 6) is -4.02. The van der Waals surface area contributed by atoms with Gasteiger partial charge in [0.25, 0.3) is 0 Å². The normalized spacial score (nSPS) is 14.6. The molecular weight excluding hydrogens is 390 g/mol. The zero-order chi connectivity index (χ0) is 22.6. The number of aliphatic imine (C=N–C) groups is 1. The predicted octanol–water partition coefficient (Wildman–Crippen LogP) is -5.09. The molecule has 0 heterocycles. The molecule has 12 N–H and O–H groups in total. The van der Waals surface area contributed by atoms with Gasteiger partial charge in [-0.2, -0.15) is 0 Å². The summed E-state index contributed by atoms with van der Waals surface area (Å²) >= 11 is 0. The van der Waals surface area contributed by atoms with Crippen LogP contribution in [0, 0.1) is 0 Å². The second-order valence-electron chi connectivity index (χ2n) is 6.13. The van der Waals surface area contributed by atoms with Crippen LogP contribution in [0.1, 0.15) is 19.8 Å². The Bertz CT molecular complexity index is 608. The molecule has 0 aromatic rings. The van der Waals surface area contributed by atoms with Gasteiger partial charge in [-0.3, -0.25) is 24.2 Å². The lowest BCUT2D eigenvalue weighted by atomic mass is 10.1. The van der Waals surface area contributed by atoms with Gasteiger partial charge >= 0.3 is 5.97 Å². The van der Waals surface area contributed by atoms with E-state index in [9.17, 15) is 29.4 Å². The molecule has 0 spiro atoms. The van der Waals surface area contributed by atoms with Crippen molar-refractivity contribution >= 4 is 29.7 Å². The molecule has 0 aliphatic rings. The molecule has 4 unspecified atom stereocenters. The minimum atomic E-state index is -1.44. The number of aliphatic hydroxyl groups excluding tert-OH is 2. The highest BCUT2D eigenvalue weighted by atomic mass is 16.4. The second-order valence-corrected chi connectivity index (χ2v) is 6.13. The number of aliphatic carboxylic acids is 1. The van der Waals surface area contributed by atoms with Gasteiger partial charge in [-0.15, -0.1) is 0 Å². The molecule has 0 saturated heterocycles. The van der Waals surface area contributed by atoms with Crippen LogP contribution in [-0.4, -0.2) is 88.9 Å². The van der Waals surface area contributed by atoms with Crippen LogP contribution < -0.4 is 33.2 Å². The molecule has 3 amide bonds. The fourth-order valence-electron chi connectivity index (χ4n) is 2.01. The quantitative estimate of drug-likeness (QED) is 0.0779. The van der Waals surface area contributed by atoms with E-state index in [1.165, 1.54) is 6.92 Å². The van der Waals surface area contributed by atoms with Crippen molar-refractivity contribution in [2.24, 2.45) is 22.2 Å². The smallest absolute Gasteiger partial charge is 0.322 e. The average molecular weight is 419 g/mol. The SMILES string of the molecule is CC(O)C(N)C(=O)NC(CCCN=C(N)N)C(=O)NC(CO)C(=O)NCC(=O)O. The molecular formula is C15H29N7O7. The predicted molar refractivity (Wildman–Crippen MR) is 101 cm³/mol. The van der Waals surface area contributed by atoms with Crippen LogP contribution in [-0.2, 0) is 19.2 Å². The Morgan fingerprint density at radius 3 is 2.10 bits per heavy atom. The van der Waals surface area contributed by atoms with E-state index in [0.29, 0.717) is 0 Å². The van der Waals surface area contributed by atoms with E-state index in [1.54, 1.807) is 0 Å². The first-order valence-electron chi connectivity index (χ1n) is 8.69. The number of nitrogens with one attached hydrogen (secondary N) is 3. The monoisotopic (exact) mass is 419 g/mol. The average Bonchev–Trinajstić information content (AvgIpc) is 2.64. The van der Waals surface area contributed by atoms with Crippen LogP contribution in [0.5, 0.6) is 0 Å². The van der Waals surface area contributed by atoms with Gasteiger partial charge < -0.3 is 48.5 Å². The summed E-state index contributed by atoms with van der Waals surface area (Å²) in [4.78, 5) is 50.7. The number of guanidine groups is 1. The van der Waals surface area contributed by atoms with Crippen LogP contribution in [0.15, 0.2) is 4.99 Å². The van der Waals surface area contributed by atoms with E-state index in [1.807, 2.05) is 5.32 Å². The highest BCUT2D eigenvalue weighted by Crippen LogP contribution is 2.02. The van der Waals surface area contributed by atoms with Gasteiger partial charge in [0.1, 0.15) is 24.7 Å². The Kier molecular flexibility index (Phi) is 11.9. The van der Waals surface area contributed by atoms with E-state index in [0.717, 1.165) is 0 Å². The number of hydrogen-bond acceptors (Lipinski definition) is 8. The van der Waals surface area contributed by atoms with Gasteiger partial charge in [0, 0.05) is 6.54 Å². The number of nitrogens with zero attached hydrogens (tertiary/aromatic N) is 1. The number of nitrogens with two attached hydrogens (primary N) is 3. The maximum Gasteiger partial charge on any atom is 0.322 e. The summed E-state index contributed by atoms with van der Waals surface area (Å²) in [6.45, 7) is -0.0498. The Labute approximate surface area is 166 Å². The molecule has 4 atom stereocenters. The third-order valence-electron chi connectivity index (χ3n) is 3.63. The summed E-state index contributed by atoms with van der Waals surface area (Å²) in [5.41, 5.74) is 16.0. The Morgan fingerprint density at radius 1 is 1.03 bits per heavy atom. The molecule has 14 nitrogen and oxygen atoms in total. The largest absolute Gasteiger partial charge is 0.480 e. The summed E-state index contributed by atoms with van der Waals surface area (Å²) < 4.78 is 0. The molecule has 166 valence electrons. The molecule has 0 aromatic heterocycles. The summed E-state index contributed by atoms with van der Waals surface area (Å²) in [6.07, 6.45) is -0.849. The van der Waals surface area contributed by atoms with Crippen molar-refractivity contribution in [2.45, 2.75) is 44.0 Å². The van der Waals surface area contributed by atoms with E-state index in [-0.39, 0.29) is 25.3 Å². The number of aliphatic hydroxyl groups is 2.